The standard InChI is InChI=1S/C21H28BrN3O/c1-4-24-11-13-25(14-12-24)15-21(2,3)23-20(26)18-9-5-8-17-16(18)7-6-10-19(17)22/h5-10H,4,11-15H2,1-3H3,(H,23,26). The van der Waals surface area contributed by atoms with Gasteiger partial charge in [0.05, 0.1) is 0 Å². The molecule has 1 aliphatic rings. The van der Waals surface area contributed by atoms with Gasteiger partial charge in [0.15, 0.2) is 0 Å². The fourth-order valence-corrected chi connectivity index (χ4v) is 4.20. The second kappa shape index (κ2) is 8.07. The molecule has 0 unspecified atom stereocenters. The summed E-state index contributed by atoms with van der Waals surface area (Å²) in [6.07, 6.45) is 0. The van der Waals surface area contributed by atoms with Crippen LogP contribution in [0.4, 0.5) is 0 Å². The van der Waals surface area contributed by atoms with Crippen molar-refractivity contribution in [1.82, 2.24) is 15.1 Å². The second-order valence-corrected chi connectivity index (χ2v) is 8.54. The summed E-state index contributed by atoms with van der Waals surface area (Å²) in [5, 5.41) is 5.29. The van der Waals surface area contributed by atoms with E-state index in [-0.39, 0.29) is 11.4 Å². The van der Waals surface area contributed by atoms with Crippen LogP contribution in [0.1, 0.15) is 31.1 Å². The van der Waals surface area contributed by atoms with Gasteiger partial charge in [-0.25, -0.2) is 0 Å². The maximum atomic E-state index is 13.0. The number of piperazine rings is 1. The lowest BCUT2D eigenvalue weighted by Gasteiger charge is -2.39. The van der Waals surface area contributed by atoms with E-state index in [0.29, 0.717) is 0 Å². The van der Waals surface area contributed by atoms with Crippen molar-refractivity contribution in [1.29, 1.82) is 0 Å². The summed E-state index contributed by atoms with van der Waals surface area (Å²) in [6, 6.07) is 11.9. The van der Waals surface area contributed by atoms with Crippen molar-refractivity contribution in [2.75, 3.05) is 39.3 Å². The molecule has 2 aromatic rings. The Bertz CT molecular complexity index is 782. The van der Waals surface area contributed by atoms with Gasteiger partial charge >= 0.3 is 0 Å². The second-order valence-electron chi connectivity index (χ2n) is 7.69. The molecule has 4 nitrogen and oxygen atoms in total. The molecule has 3 rings (SSSR count). The first kappa shape index (κ1) is 19.3. The number of carbonyl (C=O) groups excluding carboxylic acids is 1. The highest BCUT2D eigenvalue weighted by Crippen LogP contribution is 2.26. The van der Waals surface area contributed by atoms with Crippen molar-refractivity contribution >= 4 is 32.6 Å². The molecular weight excluding hydrogens is 390 g/mol. The van der Waals surface area contributed by atoms with Crippen LogP contribution < -0.4 is 5.32 Å². The lowest BCUT2D eigenvalue weighted by atomic mass is 10.0. The summed E-state index contributed by atoms with van der Waals surface area (Å²) in [4.78, 5) is 17.9. The van der Waals surface area contributed by atoms with Gasteiger partial charge < -0.3 is 10.2 Å². The number of hydrogen-bond acceptors (Lipinski definition) is 3. The third kappa shape index (κ3) is 4.45. The Kier molecular flexibility index (Phi) is 6.00. The highest BCUT2D eigenvalue weighted by atomic mass is 79.9. The van der Waals surface area contributed by atoms with Crippen molar-refractivity contribution in [3.8, 4) is 0 Å². The monoisotopic (exact) mass is 417 g/mol. The van der Waals surface area contributed by atoms with Crippen molar-refractivity contribution in [2.45, 2.75) is 26.3 Å². The first-order valence-electron chi connectivity index (χ1n) is 9.34. The van der Waals surface area contributed by atoms with Crippen LogP contribution in [0.5, 0.6) is 0 Å². The van der Waals surface area contributed by atoms with Gasteiger partial charge in [-0.3, -0.25) is 9.69 Å². The van der Waals surface area contributed by atoms with Crippen LogP contribution in [0.3, 0.4) is 0 Å². The smallest absolute Gasteiger partial charge is 0.252 e. The van der Waals surface area contributed by atoms with Crippen LogP contribution in [0.2, 0.25) is 0 Å². The normalized spacial score (nSPS) is 16.8. The minimum atomic E-state index is -0.278. The van der Waals surface area contributed by atoms with Gasteiger partial charge in [-0.1, -0.05) is 47.1 Å². The number of amides is 1. The minimum absolute atomic E-state index is 0.00843. The number of likely N-dealkylation sites (N-methyl/N-ethyl adjacent to an activating group) is 1. The number of rotatable bonds is 5. The summed E-state index contributed by atoms with van der Waals surface area (Å²) in [7, 11) is 0. The van der Waals surface area contributed by atoms with E-state index in [1.54, 1.807) is 0 Å². The predicted molar refractivity (Wildman–Crippen MR) is 112 cm³/mol. The molecule has 1 fully saturated rings. The number of nitrogens with one attached hydrogen (secondary N) is 1. The molecule has 2 aromatic carbocycles. The number of nitrogens with zero attached hydrogens (tertiary/aromatic N) is 2. The molecule has 140 valence electrons. The Balaban J connectivity index is 1.70. The summed E-state index contributed by atoms with van der Waals surface area (Å²) in [5.41, 5.74) is 0.451. The molecule has 1 heterocycles. The van der Waals surface area contributed by atoms with Gasteiger partial charge in [-0.05, 0) is 43.3 Å². The van der Waals surface area contributed by atoms with Crippen LogP contribution in [-0.4, -0.2) is 60.5 Å². The Morgan fingerprint density at radius 2 is 1.65 bits per heavy atom. The summed E-state index contributed by atoms with van der Waals surface area (Å²) in [5.74, 6) is -0.00843. The third-order valence-electron chi connectivity index (χ3n) is 5.10. The van der Waals surface area contributed by atoms with Gasteiger partial charge in [-0.15, -0.1) is 0 Å². The lowest BCUT2D eigenvalue weighted by molar-refractivity contribution is 0.0836. The zero-order chi connectivity index (χ0) is 18.7. The van der Waals surface area contributed by atoms with Crippen LogP contribution in [0, 0.1) is 0 Å². The zero-order valence-corrected chi connectivity index (χ0v) is 17.5. The Morgan fingerprint density at radius 1 is 1.04 bits per heavy atom. The van der Waals surface area contributed by atoms with Crippen LogP contribution in [0.25, 0.3) is 10.8 Å². The molecule has 1 aliphatic heterocycles. The molecule has 0 aliphatic carbocycles. The molecule has 0 spiro atoms. The van der Waals surface area contributed by atoms with Gasteiger partial charge in [0, 0.05) is 48.3 Å². The van der Waals surface area contributed by atoms with E-state index in [2.05, 4.69) is 51.8 Å². The fraction of sp³-hybridized carbons (Fsp3) is 0.476. The first-order valence-corrected chi connectivity index (χ1v) is 10.1. The van der Waals surface area contributed by atoms with E-state index in [1.165, 1.54) is 0 Å². The number of halogens is 1. The number of hydrogen-bond donors (Lipinski definition) is 1. The molecule has 5 heteroatoms. The molecular formula is C21H28BrN3O. The largest absolute Gasteiger partial charge is 0.346 e. The molecule has 1 amide bonds. The Labute approximate surface area is 164 Å². The van der Waals surface area contributed by atoms with E-state index in [4.69, 9.17) is 0 Å². The van der Waals surface area contributed by atoms with Crippen molar-refractivity contribution in [3.63, 3.8) is 0 Å². The Morgan fingerprint density at radius 3 is 2.35 bits per heavy atom. The molecule has 0 aromatic heterocycles. The van der Waals surface area contributed by atoms with Crippen molar-refractivity contribution < 1.29 is 4.79 Å². The number of fused-ring (bicyclic) bond motifs is 1. The first-order chi connectivity index (χ1) is 12.4. The van der Waals surface area contributed by atoms with Crippen molar-refractivity contribution in [2.24, 2.45) is 0 Å². The minimum Gasteiger partial charge on any atom is -0.346 e. The van der Waals surface area contributed by atoms with E-state index in [1.807, 2.05) is 36.4 Å². The number of carbonyl (C=O) groups is 1. The summed E-state index contributed by atoms with van der Waals surface area (Å²) >= 11 is 3.58. The van der Waals surface area contributed by atoms with Crippen LogP contribution in [0.15, 0.2) is 40.9 Å². The quantitative estimate of drug-likeness (QED) is 0.804. The van der Waals surface area contributed by atoms with E-state index < -0.39 is 0 Å². The predicted octanol–water partition coefficient (Wildman–Crippen LogP) is 3.75. The molecule has 1 saturated heterocycles. The van der Waals surface area contributed by atoms with Crippen LogP contribution >= 0.6 is 15.9 Å². The van der Waals surface area contributed by atoms with E-state index >= 15 is 0 Å². The molecule has 0 radical (unpaired) electrons. The van der Waals surface area contributed by atoms with Gasteiger partial charge in [-0.2, -0.15) is 0 Å². The van der Waals surface area contributed by atoms with Crippen molar-refractivity contribution in [3.05, 3.63) is 46.4 Å². The SMILES string of the molecule is CCN1CCN(CC(C)(C)NC(=O)c2cccc3c(Br)cccc23)CC1. The molecule has 26 heavy (non-hydrogen) atoms. The fourth-order valence-electron chi connectivity index (χ4n) is 3.71. The van der Waals surface area contributed by atoms with E-state index in [0.717, 1.165) is 60.1 Å². The molecule has 0 bridgehead atoms. The van der Waals surface area contributed by atoms with Crippen LogP contribution in [-0.2, 0) is 0 Å². The molecule has 0 saturated carbocycles. The summed E-state index contributed by atoms with van der Waals surface area (Å²) in [6.45, 7) is 12.8. The number of benzene rings is 2. The summed E-state index contributed by atoms with van der Waals surface area (Å²) < 4.78 is 1.01. The maximum Gasteiger partial charge on any atom is 0.252 e. The van der Waals surface area contributed by atoms with Gasteiger partial charge in [0.1, 0.15) is 0 Å². The highest BCUT2D eigenvalue weighted by molar-refractivity contribution is 9.10. The zero-order valence-electron chi connectivity index (χ0n) is 15.9. The average Bonchev–Trinajstić information content (AvgIpc) is 2.61. The molecule has 1 N–H and O–H groups in total. The lowest BCUT2D eigenvalue weighted by Crippen LogP contribution is -2.55. The molecule has 0 atom stereocenters. The van der Waals surface area contributed by atoms with Gasteiger partial charge in [0.25, 0.3) is 5.91 Å². The highest BCUT2D eigenvalue weighted by Gasteiger charge is 2.27. The Hall–Kier alpha value is -1.43. The average molecular weight is 418 g/mol. The topological polar surface area (TPSA) is 35.6 Å². The third-order valence-corrected chi connectivity index (χ3v) is 5.79. The van der Waals surface area contributed by atoms with E-state index in [9.17, 15) is 4.79 Å². The maximum absolute atomic E-state index is 13.0. The van der Waals surface area contributed by atoms with Gasteiger partial charge in [0.2, 0.25) is 0 Å².